The van der Waals surface area contributed by atoms with Gasteiger partial charge < -0.3 is 5.73 Å². The van der Waals surface area contributed by atoms with Gasteiger partial charge in [0.05, 0.1) is 11.1 Å². The van der Waals surface area contributed by atoms with Crippen molar-refractivity contribution >= 4 is 11.8 Å². The summed E-state index contributed by atoms with van der Waals surface area (Å²) in [5, 5.41) is 1.06. The van der Waals surface area contributed by atoms with Crippen molar-refractivity contribution < 1.29 is 0 Å². The van der Waals surface area contributed by atoms with E-state index < -0.39 is 0 Å². The number of rotatable bonds is 3. The van der Waals surface area contributed by atoms with E-state index in [0.717, 1.165) is 16.2 Å². The summed E-state index contributed by atoms with van der Waals surface area (Å²) in [4.78, 5) is 4.43. The van der Waals surface area contributed by atoms with E-state index in [1.165, 1.54) is 5.56 Å². The molecule has 1 aromatic carbocycles. The highest BCUT2D eigenvalue weighted by molar-refractivity contribution is 7.98. The molecule has 0 saturated heterocycles. The van der Waals surface area contributed by atoms with Gasteiger partial charge in [-0.25, -0.2) is 4.98 Å². The fourth-order valence-electron chi connectivity index (χ4n) is 1.82. The standard InChI is InChI=1S/C14H16N2S/c1-10-8-12(9-16-14(10)17-2)13(15)11-6-4-3-5-7-11/h3-9,13H,15H2,1-2H3. The second-order valence-electron chi connectivity index (χ2n) is 3.98. The van der Waals surface area contributed by atoms with Crippen LogP contribution < -0.4 is 5.73 Å². The van der Waals surface area contributed by atoms with Crippen LogP contribution in [0.2, 0.25) is 0 Å². The lowest BCUT2D eigenvalue weighted by Gasteiger charge is -2.13. The van der Waals surface area contributed by atoms with Crippen LogP contribution in [0.3, 0.4) is 0 Å². The van der Waals surface area contributed by atoms with Crippen LogP contribution in [0, 0.1) is 6.92 Å². The molecule has 0 aliphatic carbocycles. The summed E-state index contributed by atoms with van der Waals surface area (Å²) in [5.74, 6) is 0. The molecule has 3 heteroatoms. The number of aromatic nitrogens is 1. The Labute approximate surface area is 106 Å². The third kappa shape index (κ3) is 2.68. The Morgan fingerprint density at radius 3 is 2.47 bits per heavy atom. The molecule has 0 spiro atoms. The van der Waals surface area contributed by atoms with Crippen molar-refractivity contribution in [3.63, 3.8) is 0 Å². The van der Waals surface area contributed by atoms with E-state index in [0.29, 0.717) is 0 Å². The maximum Gasteiger partial charge on any atom is 0.0986 e. The van der Waals surface area contributed by atoms with Crippen LogP contribution >= 0.6 is 11.8 Å². The Morgan fingerprint density at radius 1 is 1.18 bits per heavy atom. The Hall–Kier alpha value is -1.32. The Bertz CT molecular complexity index is 497. The van der Waals surface area contributed by atoms with Gasteiger partial charge in [-0.1, -0.05) is 30.3 Å². The van der Waals surface area contributed by atoms with E-state index in [4.69, 9.17) is 5.73 Å². The molecule has 2 aromatic rings. The van der Waals surface area contributed by atoms with Gasteiger partial charge in [-0.2, -0.15) is 0 Å². The lowest BCUT2D eigenvalue weighted by Crippen LogP contribution is -2.12. The van der Waals surface area contributed by atoms with Crippen LogP contribution in [0.15, 0.2) is 47.6 Å². The largest absolute Gasteiger partial charge is 0.320 e. The smallest absolute Gasteiger partial charge is 0.0986 e. The summed E-state index contributed by atoms with van der Waals surface area (Å²) >= 11 is 1.66. The molecule has 2 rings (SSSR count). The average molecular weight is 244 g/mol. The molecule has 88 valence electrons. The molecule has 1 heterocycles. The highest BCUT2D eigenvalue weighted by atomic mass is 32.2. The fourth-order valence-corrected chi connectivity index (χ4v) is 2.36. The minimum absolute atomic E-state index is 0.0988. The normalized spacial score (nSPS) is 12.4. The molecule has 0 bridgehead atoms. The number of nitrogens with zero attached hydrogens (tertiary/aromatic N) is 1. The van der Waals surface area contributed by atoms with E-state index >= 15 is 0 Å². The van der Waals surface area contributed by atoms with Gasteiger partial charge in [-0.15, -0.1) is 11.8 Å². The van der Waals surface area contributed by atoms with Gasteiger partial charge in [0.1, 0.15) is 0 Å². The number of thioether (sulfide) groups is 1. The molecule has 0 aliphatic heterocycles. The molecule has 0 fully saturated rings. The number of hydrogen-bond donors (Lipinski definition) is 1. The molecule has 0 aliphatic rings. The first-order valence-corrected chi connectivity index (χ1v) is 6.76. The lowest BCUT2D eigenvalue weighted by molar-refractivity contribution is 0.850. The van der Waals surface area contributed by atoms with E-state index in [1.54, 1.807) is 11.8 Å². The van der Waals surface area contributed by atoms with Gasteiger partial charge in [0, 0.05) is 6.20 Å². The predicted octanol–water partition coefficient (Wildman–Crippen LogP) is 3.16. The van der Waals surface area contributed by atoms with Crippen molar-refractivity contribution in [2.45, 2.75) is 18.0 Å². The zero-order chi connectivity index (χ0) is 12.3. The average Bonchev–Trinajstić information content (AvgIpc) is 2.39. The molecular weight excluding hydrogens is 228 g/mol. The molecule has 1 unspecified atom stereocenters. The number of nitrogens with two attached hydrogens (primary N) is 1. The van der Waals surface area contributed by atoms with Crippen LogP contribution in [0.1, 0.15) is 22.7 Å². The number of pyridine rings is 1. The fraction of sp³-hybridized carbons (Fsp3) is 0.214. The maximum absolute atomic E-state index is 6.23. The first-order chi connectivity index (χ1) is 8.22. The molecule has 0 saturated carbocycles. The summed E-state index contributed by atoms with van der Waals surface area (Å²) in [6.45, 7) is 2.07. The second kappa shape index (κ2) is 5.34. The van der Waals surface area contributed by atoms with Gasteiger partial charge in [0.25, 0.3) is 0 Å². The first kappa shape index (κ1) is 12.1. The number of benzene rings is 1. The predicted molar refractivity (Wildman–Crippen MR) is 73.2 cm³/mol. The third-order valence-electron chi connectivity index (χ3n) is 2.76. The monoisotopic (exact) mass is 244 g/mol. The number of aryl methyl sites for hydroxylation is 1. The SMILES string of the molecule is CSc1ncc(C(N)c2ccccc2)cc1C. The Morgan fingerprint density at radius 2 is 1.88 bits per heavy atom. The molecule has 17 heavy (non-hydrogen) atoms. The van der Waals surface area contributed by atoms with Gasteiger partial charge in [-0.3, -0.25) is 0 Å². The summed E-state index contributed by atoms with van der Waals surface area (Å²) in [5.41, 5.74) is 9.59. The van der Waals surface area contributed by atoms with Crippen LogP contribution in [-0.2, 0) is 0 Å². The van der Waals surface area contributed by atoms with Gasteiger partial charge >= 0.3 is 0 Å². The third-order valence-corrected chi connectivity index (χ3v) is 3.58. The van der Waals surface area contributed by atoms with Crippen LogP contribution in [0.25, 0.3) is 0 Å². The van der Waals surface area contributed by atoms with Crippen LogP contribution in [0.4, 0.5) is 0 Å². The van der Waals surface area contributed by atoms with Gasteiger partial charge in [-0.05, 0) is 35.9 Å². The van der Waals surface area contributed by atoms with E-state index in [2.05, 4.69) is 18.0 Å². The maximum atomic E-state index is 6.23. The molecule has 1 atom stereocenters. The van der Waals surface area contributed by atoms with Crippen molar-refractivity contribution in [1.82, 2.24) is 4.98 Å². The Kier molecular flexibility index (Phi) is 3.82. The van der Waals surface area contributed by atoms with Gasteiger partial charge in [0.15, 0.2) is 0 Å². The second-order valence-corrected chi connectivity index (χ2v) is 4.78. The summed E-state index contributed by atoms with van der Waals surface area (Å²) in [6.07, 6.45) is 3.91. The first-order valence-electron chi connectivity index (χ1n) is 5.53. The molecule has 2 nitrogen and oxygen atoms in total. The zero-order valence-corrected chi connectivity index (χ0v) is 10.9. The minimum Gasteiger partial charge on any atom is -0.320 e. The number of hydrogen-bond acceptors (Lipinski definition) is 3. The minimum atomic E-state index is -0.0988. The van der Waals surface area contributed by atoms with E-state index in [-0.39, 0.29) is 6.04 Å². The highest BCUT2D eigenvalue weighted by Crippen LogP contribution is 2.23. The summed E-state index contributed by atoms with van der Waals surface area (Å²) in [7, 11) is 0. The summed E-state index contributed by atoms with van der Waals surface area (Å²) in [6, 6.07) is 12.1. The quantitative estimate of drug-likeness (QED) is 0.843. The molecular formula is C14H16N2S. The lowest BCUT2D eigenvalue weighted by atomic mass is 10.0. The van der Waals surface area contributed by atoms with E-state index in [9.17, 15) is 0 Å². The topological polar surface area (TPSA) is 38.9 Å². The van der Waals surface area contributed by atoms with Crippen molar-refractivity contribution in [2.75, 3.05) is 6.26 Å². The van der Waals surface area contributed by atoms with Crippen LogP contribution in [0.5, 0.6) is 0 Å². The highest BCUT2D eigenvalue weighted by Gasteiger charge is 2.10. The zero-order valence-electron chi connectivity index (χ0n) is 10.1. The summed E-state index contributed by atoms with van der Waals surface area (Å²) < 4.78 is 0. The van der Waals surface area contributed by atoms with Crippen molar-refractivity contribution in [1.29, 1.82) is 0 Å². The van der Waals surface area contributed by atoms with Gasteiger partial charge in [0.2, 0.25) is 0 Å². The van der Waals surface area contributed by atoms with Crippen molar-refractivity contribution in [3.8, 4) is 0 Å². The van der Waals surface area contributed by atoms with E-state index in [1.807, 2.05) is 42.8 Å². The molecule has 0 radical (unpaired) electrons. The molecule has 0 amide bonds. The Balaban J connectivity index is 2.32. The molecule has 1 aromatic heterocycles. The van der Waals surface area contributed by atoms with Crippen molar-refractivity contribution in [2.24, 2.45) is 5.73 Å². The molecule has 2 N–H and O–H groups in total. The van der Waals surface area contributed by atoms with Crippen LogP contribution in [-0.4, -0.2) is 11.2 Å². The van der Waals surface area contributed by atoms with Crippen molar-refractivity contribution in [3.05, 3.63) is 59.3 Å².